The van der Waals surface area contributed by atoms with Gasteiger partial charge >= 0.3 is 0 Å². The van der Waals surface area contributed by atoms with Crippen molar-refractivity contribution in [1.29, 1.82) is 0 Å². The number of hydrogen-bond donors (Lipinski definition) is 1. The summed E-state index contributed by atoms with van der Waals surface area (Å²) in [5, 5.41) is 0.997. The fraction of sp³-hybridized carbons (Fsp3) is 0.667. The quantitative estimate of drug-likeness (QED) is 0.844. The van der Waals surface area contributed by atoms with E-state index in [1.807, 2.05) is 6.92 Å². The Balaban J connectivity index is 3.11. The van der Waals surface area contributed by atoms with Gasteiger partial charge in [0.1, 0.15) is 5.01 Å². The molecule has 0 saturated carbocycles. The first-order valence-corrected chi connectivity index (χ1v) is 5.85. The summed E-state index contributed by atoms with van der Waals surface area (Å²) in [6.45, 7) is 8.41. The Kier molecular flexibility index (Phi) is 3.15. The van der Waals surface area contributed by atoms with E-state index in [4.69, 9.17) is 5.73 Å². The van der Waals surface area contributed by atoms with Crippen LogP contribution in [0.2, 0.25) is 0 Å². The van der Waals surface area contributed by atoms with E-state index in [1.165, 1.54) is 0 Å². The molecule has 0 saturated heterocycles. The smallest absolute Gasteiger partial charge is 0.110 e. The highest BCUT2D eigenvalue weighted by Crippen LogP contribution is 2.35. The molecule has 1 atom stereocenters. The van der Waals surface area contributed by atoms with Crippen LogP contribution in [0.15, 0.2) is 3.79 Å². The number of rotatable bonds is 1. The van der Waals surface area contributed by atoms with E-state index < -0.39 is 0 Å². The molecule has 4 heteroatoms. The summed E-state index contributed by atoms with van der Waals surface area (Å²) in [4.78, 5) is 4.53. The Morgan fingerprint density at radius 3 is 2.23 bits per heavy atom. The van der Waals surface area contributed by atoms with Crippen LogP contribution in [0.3, 0.4) is 0 Å². The van der Waals surface area contributed by atoms with Gasteiger partial charge in [-0.25, -0.2) is 4.98 Å². The molecular weight excluding hydrogens is 248 g/mol. The molecule has 2 N–H and O–H groups in total. The molecule has 1 heterocycles. The molecule has 1 rings (SSSR count). The minimum atomic E-state index is 0.0254. The Bertz CT molecular complexity index is 299. The third kappa shape index (κ3) is 2.51. The minimum Gasteiger partial charge on any atom is -0.322 e. The first-order valence-electron chi connectivity index (χ1n) is 4.24. The zero-order valence-electron chi connectivity index (χ0n) is 8.39. The summed E-state index contributed by atoms with van der Waals surface area (Å²) in [7, 11) is 0. The molecule has 0 radical (unpaired) electrons. The maximum atomic E-state index is 5.77. The summed E-state index contributed by atoms with van der Waals surface area (Å²) >= 11 is 5.15. The highest BCUT2D eigenvalue weighted by Gasteiger charge is 2.22. The van der Waals surface area contributed by atoms with Crippen LogP contribution in [0.5, 0.6) is 0 Å². The van der Waals surface area contributed by atoms with E-state index in [0.717, 1.165) is 14.5 Å². The van der Waals surface area contributed by atoms with Gasteiger partial charge in [-0.2, -0.15) is 0 Å². The van der Waals surface area contributed by atoms with Gasteiger partial charge in [-0.05, 0) is 22.9 Å². The molecule has 1 aromatic rings. The van der Waals surface area contributed by atoms with Crippen molar-refractivity contribution in [2.75, 3.05) is 0 Å². The molecule has 0 amide bonds. The first kappa shape index (κ1) is 11.1. The van der Waals surface area contributed by atoms with Crippen molar-refractivity contribution in [1.82, 2.24) is 4.98 Å². The topological polar surface area (TPSA) is 38.9 Å². The Labute approximate surface area is 91.7 Å². The molecule has 0 aromatic carbocycles. The maximum Gasteiger partial charge on any atom is 0.110 e. The fourth-order valence-corrected chi connectivity index (χ4v) is 3.11. The van der Waals surface area contributed by atoms with Gasteiger partial charge < -0.3 is 5.73 Å². The molecule has 1 aromatic heterocycles. The summed E-state index contributed by atoms with van der Waals surface area (Å²) in [5.74, 6) is 0. The molecule has 0 aliphatic carbocycles. The van der Waals surface area contributed by atoms with Gasteiger partial charge in [0, 0.05) is 5.41 Å². The zero-order chi connectivity index (χ0) is 10.2. The molecule has 13 heavy (non-hydrogen) atoms. The highest BCUT2D eigenvalue weighted by atomic mass is 79.9. The fourth-order valence-electron chi connectivity index (χ4n) is 0.974. The number of aromatic nitrogens is 1. The van der Waals surface area contributed by atoms with Gasteiger partial charge in [0.2, 0.25) is 0 Å². The number of nitrogens with two attached hydrogens (primary N) is 1. The van der Waals surface area contributed by atoms with Crippen LogP contribution in [0, 0.1) is 0 Å². The lowest BCUT2D eigenvalue weighted by atomic mass is 9.93. The molecule has 74 valence electrons. The molecule has 1 unspecified atom stereocenters. The third-order valence-corrected chi connectivity index (χ3v) is 3.61. The van der Waals surface area contributed by atoms with Crippen molar-refractivity contribution in [3.63, 3.8) is 0 Å². The molecule has 0 aliphatic rings. The van der Waals surface area contributed by atoms with Gasteiger partial charge in [-0.1, -0.05) is 20.8 Å². The predicted octanol–water partition coefficient (Wildman–Crippen LogP) is 3.22. The predicted molar refractivity (Wildman–Crippen MR) is 61.1 cm³/mol. The number of nitrogens with zero attached hydrogens (tertiary/aromatic N) is 1. The summed E-state index contributed by atoms with van der Waals surface area (Å²) in [5.41, 5.74) is 6.95. The van der Waals surface area contributed by atoms with E-state index in [-0.39, 0.29) is 11.5 Å². The van der Waals surface area contributed by atoms with Crippen LogP contribution in [0.4, 0.5) is 0 Å². The Hall–Kier alpha value is 0.0700. The van der Waals surface area contributed by atoms with Crippen LogP contribution in [0.25, 0.3) is 0 Å². The molecule has 2 nitrogen and oxygen atoms in total. The second kappa shape index (κ2) is 3.67. The van der Waals surface area contributed by atoms with Crippen molar-refractivity contribution in [2.45, 2.75) is 39.2 Å². The lowest BCUT2D eigenvalue weighted by Crippen LogP contribution is -2.13. The van der Waals surface area contributed by atoms with E-state index in [9.17, 15) is 0 Å². The van der Waals surface area contributed by atoms with Crippen molar-refractivity contribution < 1.29 is 0 Å². The second-order valence-corrected chi connectivity index (χ2v) is 6.56. The summed E-state index contributed by atoms with van der Waals surface area (Å²) in [6, 6.07) is 0.0254. The van der Waals surface area contributed by atoms with Gasteiger partial charge in [0.15, 0.2) is 0 Å². The normalized spacial score (nSPS) is 14.6. The Morgan fingerprint density at radius 1 is 1.46 bits per heavy atom. The van der Waals surface area contributed by atoms with Crippen LogP contribution < -0.4 is 5.73 Å². The largest absolute Gasteiger partial charge is 0.322 e. The van der Waals surface area contributed by atoms with E-state index in [1.54, 1.807) is 11.3 Å². The number of hydrogen-bond acceptors (Lipinski definition) is 3. The van der Waals surface area contributed by atoms with Gasteiger partial charge in [0.05, 0.1) is 15.5 Å². The van der Waals surface area contributed by atoms with Crippen LogP contribution >= 0.6 is 27.3 Å². The van der Waals surface area contributed by atoms with Gasteiger partial charge in [-0.3, -0.25) is 0 Å². The minimum absolute atomic E-state index is 0.0254. The second-order valence-electron chi connectivity index (χ2n) is 4.21. The van der Waals surface area contributed by atoms with Crippen LogP contribution in [-0.2, 0) is 5.41 Å². The average Bonchev–Trinajstić information content (AvgIpc) is 2.29. The van der Waals surface area contributed by atoms with Gasteiger partial charge in [-0.15, -0.1) is 11.3 Å². The van der Waals surface area contributed by atoms with E-state index in [2.05, 4.69) is 41.7 Å². The zero-order valence-corrected chi connectivity index (χ0v) is 10.8. The van der Waals surface area contributed by atoms with Crippen molar-refractivity contribution in [2.24, 2.45) is 5.73 Å². The van der Waals surface area contributed by atoms with Crippen molar-refractivity contribution in [3.8, 4) is 0 Å². The number of halogens is 1. The average molecular weight is 263 g/mol. The van der Waals surface area contributed by atoms with Crippen molar-refractivity contribution in [3.05, 3.63) is 14.5 Å². The molecule has 0 bridgehead atoms. The molecule has 0 aliphatic heterocycles. The monoisotopic (exact) mass is 262 g/mol. The molecule has 0 fully saturated rings. The lowest BCUT2D eigenvalue weighted by Gasteiger charge is -2.15. The maximum absolute atomic E-state index is 5.77. The lowest BCUT2D eigenvalue weighted by molar-refractivity contribution is 0.566. The molecular formula is C9H15BrN2S. The van der Waals surface area contributed by atoms with Crippen LogP contribution in [-0.4, -0.2) is 4.98 Å². The Morgan fingerprint density at radius 2 is 2.00 bits per heavy atom. The van der Waals surface area contributed by atoms with Crippen LogP contribution in [0.1, 0.15) is 44.4 Å². The van der Waals surface area contributed by atoms with E-state index >= 15 is 0 Å². The summed E-state index contributed by atoms with van der Waals surface area (Å²) < 4.78 is 1.10. The van der Waals surface area contributed by atoms with E-state index in [0.29, 0.717) is 0 Å². The summed E-state index contributed by atoms with van der Waals surface area (Å²) in [6.07, 6.45) is 0. The highest BCUT2D eigenvalue weighted by molar-refractivity contribution is 9.11. The SMILES string of the molecule is CC(N)c1nc(C(C)(C)C)c(Br)s1. The van der Waals surface area contributed by atoms with Crippen molar-refractivity contribution >= 4 is 27.3 Å². The standard InChI is InChI=1S/C9H15BrN2S/c1-5(11)8-12-6(7(10)13-8)9(2,3)4/h5H,11H2,1-4H3. The first-order chi connectivity index (χ1) is 5.82. The third-order valence-electron chi connectivity index (χ3n) is 1.70. The van der Waals surface area contributed by atoms with Gasteiger partial charge in [0.25, 0.3) is 0 Å². The molecule has 0 spiro atoms. The number of thiazole rings is 1.